The summed E-state index contributed by atoms with van der Waals surface area (Å²) in [6.07, 6.45) is 12.5. The first-order chi connectivity index (χ1) is 26.6. The van der Waals surface area contributed by atoms with Crippen molar-refractivity contribution in [1.82, 2.24) is 0 Å². The molecule has 3 aliphatic carbocycles. The van der Waals surface area contributed by atoms with Crippen LogP contribution in [0.5, 0.6) is 0 Å². The van der Waals surface area contributed by atoms with Crippen molar-refractivity contribution in [2.45, 2.75) is 93.7 Å². The zero-order valence-electron chi connectivity index (χ0n) is 32.0. The molecule has 57 heavy (non-hydrogen) atoms. The first kappa shape index (κ1) is 41.4. The topological polar surface area (TPSA) is 218 Å². The summed E-state index contributed by atoms with van der Waals surface area (Å²) < 4.78 is 107. The number of allylic oxidation sites excluding steroid dienone is 10. The fraction of sp³-hybridized carbons (Fsp3) is 0.439. The average Bonchev–Trinajstić information content (AvgIpc) is 3.76. The SMILES string of the molecule is Cc1ccc2c(c1)C1(C)CCC(C3=CC(=CC=CC=C4CCC5(C)C4=[N+](CC(O)CS(=O)(=O)[O-])c4ccc(S(=O)(=O)[O-])cc45)CCC3)=C1N2CC(O)CS(=O)(=O)[O-]. The normalized spacial score (nSPS) is 26.0. The number of anilines is 1. The zero-order valence-corrected chi connectivity index (χ0v) is 34.4. The Hall–Kier alpha value is -3.74. The molecule has 2 N–H and O–H groups in total. The molecule has 2 aromatic carbocycles. The summed E-state index contributed by atoms with van der Waals surface area (Å²) in [7, 11) is -14.1. The molecule has 306 valence electrons. The van der Waals surface area contributed by atoms with Gasteiger partial charge in [-0.15, -0.1) is 0 Å². The molecule has 16 heteroatoms. The number of hydrogen-bond acceptors (Lipinski definition) is 12. The van der Waals surface area contributed by atoms with E-state index in [0.29, 0.717) is 24.1 Å². The lowest BCUT2D eigenvalue weighted by atomic mass is 9.81. The van der Waals surface area contributed by atoms with Gasteiger partial charge >= 0.3 is 0 Å². The highest BCUT2D eigenvalue weighted by molar-refractivity contribution is 7.86. The monoisotopic (exact) mass is 838 g/mol. The molecule has 0 amide bonds. The second kappa shape index (κ2) is 14.8. The summed E-state index contributed by atoms with van der Waals surface area (Å²) >= 11 is 0. The van der Waals surface area contributed by atoms with Crippen molar-refractivity contribution in [3.05, 3.63) is 111 Å². The van der Waals surface area contributed by atoms with Gasteiger partial charge < -0.3 is 28.8 Å². The lowest BCUT2D eigenvalue weighted by molar-refractivity contribution is -0.448. The van der Waals surface area contributed by atoms with Crippen molar-refractivity contribution in [2.75, 3.05) is 29.5 Å². The van der Waals surface area contributed by atoms with Gasteiger partial charge in [0.15, 0.2) is 12.3 Å². The molecule has 1 fully saturated rings. The third-order valence-corrected chi connectivity index (χ3v) is 14.5. The highest BCUT2D eigenvalue weighted by Gasteiger charge is 2.54. The van der Waals surface area contributed by atoms with Crippen molar-refractivity contribution in [3.63, 3.8) is 0 Å². The molecule has 2 heterocycles. The second-order valence-electron chi connectivity index (χ2n) is 16.3. The third kappa shape index (κ3) is 8.15. The van der Waals surface area contributed by atoms with Crippen LogP contribution in [-0.2, 0) is 41.2 Å². The van der Waals surface area contributed by atoms with Gasteiger partial charge in [0.05, 0.1) is 48.2 Å². The van der Waals surface area contributed by atoms with E-state index in [4.69, 9.17) is 0 Å². The van der Waals surface area contributed by atoms with Gasteiger partial charge in [0, 0.05) is 40.5 Å². The minimum Gasteiger partial charge on any atom is -0.748 e. The van der Waals surface area contributed by atoms with E-state index in [9.17, 15) is 49.1 Å². The first-order valence-electron chi connectivity index (χ1n) is 19.0. The Morgan fingerprint density at radius 2 is 1.51 bits per heavy atom. The quantitative estimate of drug-likeness (QED) is 0.227. The first-order valence-corrected chi connectivity index (χ1v) is 23.5. The number of aryl methyl sites for hydroxylation is 1. The zero-order chi connectivity index (χ0) is 41.3. The van der Waals surface area contributed by atoms with Crippen LogP contribution in [0.3, 0.4) is 0 Å². The minimum atomic E-state index is -4.76. The molecule has 2 aliphatic heterocycles. The smallest absolute Gasteiger partial charge is 0.209 e. The number of nitrogens with zero attached hydrogens (tertiary/aromatic N) is 2. The van der Waals surface area contributed by atoms with Crippen LogP contribution in [0.4, 0.5) is 11.4 Å². The lowest BCUT2D eigenvalue weighted by Crippen LogP contribution is -2.36. The van der Waals surface area contributed by atoms with Gasteiger partial charge in [0.25, 0.3) is 0 Å². The van der Waals surface area contributed by atoms with E-state index >= 15 is 0 Å². The van der Waals surface area contributed by atoms with Crippen molar-refractivity contribution in [2.24, 2.45) is 0 Å². The predicted octanol–water partition coefficient (Wildman–Crippen LogP) is 4.21. The maximum Gasteiger partial charge on any atom is 0.209 e. The van der Waals surface area contributed by atoms with E-state index in [1.54, 1.807) is 4.58 Å². The van der Waals surface area contributed by atoms with Gasteiger partial charge in [0.1, 0.15) is 16.2 Å². The average molecular weight is 839 g/mol. The van der Waals surface area contributed by atoms with Crippen LogP contribution in [0.15, 0.2) is 99.7 Å². The molecule has 0 spiro atoms. The van der Waals surface area contributed by atoms with E-state index < -0.39 is 59.5 Å². The Labute approximate surface area is 334 Å². The van der Waals surface area contributed by atoms with E-state index in [2.05, 4.69) is 19.1 Å². The molecular weight excluding hydrogens is 793 g/mol. The number of aliphatic hydroxyl groups is 2. The van der Waals surface area contributed by atoms with Gasteiger partial charge in [-0.1, -0.05) is 48.1 Å². The predicted molar refractivity (Wildman–Crippen MR) is 211 cm³/mol. The second-order valence-corrected chi connectivity index (χ2v) is 20.6. The molecule has 5 aliphatic rings. The summed E-state index contributed by atoms with van der Waals surface area (Å²) in [5, 5.41) is 21.4. The molecule has 4 atom stereocenters. The number of fused-ring (bicyclic) bond motifs is 6. The van der Waals surface area contributed by atoms with E-state index in [1.807, 2.05) is 55.2 Å². The molecular formula is C41H46N2O11S3-2. The highest BCUT2D eigenvalue weighted by Crippen LogP contribution is 2.58. The molecule has 4 unspecified atom stereocenters. The van der Waals surface area contributed by atoms with Crippen LogP contribution in [0.25, 0.3) is 0 Å². The van der Waals surface area contributed by atoms with Crippen molar-refractivity contribution in [1.29, 1.82) is 0 Å². The Kier molecular flexibility index (Phi) is 10.8. The van der Waals surface area contributed by atoms with Crippen LogP contribution in [0.1, 0.15) is 75.5 Å². The van der Waals surface area contributed by atoms with Gasteiger partial charge in [-0.05, 0) is 106 Å². The molecule has 0 radical (unpaired) electrons. The standard InChI is InChI=1S/C41H48N2O11S3/c1-26-11-13-36-34(19-26)41(3)18-16-33(39(41)43(36)23-31(45)25-56(49,50)51)29-10-6-8-27(20-29)7-4-5-9-28-15-17-40(2)35-21-32(57(52,53)54)12-14-37(35)42(38(28)40)22-30(44)24-55(46,47)48/h4-5,7,9,11-14,19-21,30-31,44-45H,6,8,10,15-18,22-25H2,1-3H3,(H2-,46,47,48,49,50,51,52,53,54)/p-2. The Morgan fingerprint density at radius 3 is 2.21 bits per heavy atom. The molecule has 2 aromatic rings. The van der Waals surface area contributed by atoms with Gasteiger partial charge in [-0.2, -0.15) is 4.58 Å². The summed E-state index contributed by atoms with van der Waals surface area (Å²) in [4.78, 5) is 1.62. The molecule has 1 saturated carbocycles. The summed E-state index contributed by atoms with van der Waals surface area (Å²) in [6.45, 7) is 5.89. The maximum atomic E-state index is 11.9. The van der Waals surface area contributed by atoms with E-state index in [0.717, 1.165) is 71.5 Å². The number of benzene rings is 2. The number of rotatable bonds is 12. The molecule has 0 aromatic heterocycles. The molecule has 7 rings (SSSR count). The van der Waals surface area contributed by atoms with Crippen LogP contribution >= 0.6 is 0 Å². The molecule has 0 bridgehead atoms. The van der Waals surface area contributed by atoms with Crippen LogP contribution in [0.2, 0.25) is 0 Å². The van der Waals surface area contributed by atoms with Gasteiger partial charge in [-0.25, -0.2) is 25.3 Å². The number of aliphatic hydroxyl groups excluding tert-OH is 2. The van der Waals surface area contributed by atoms with Crippen LogP contribution < -0.4 is 4.90 Å². The van der Waals surface area contributed by atoms with Crippen LogP contribution in [-0.4, -0.2) is 96.2 Å². The Bertz CT molecular complexity index is 2570. The number of β-amino-alcohol motifs (C(OH)–C–C–N with tert-alkyl or cyclic N) is 2. The fourth-order valence-corrected chi connectivity index (χ4v) is 11.4. The van der Waals surface area contributed by atoms with Crippen molar-refractivity contribution < 1.29 is 53.7 Å². The van der Waals surface area contributed by atoms with Gasteiger partial charge in [-0.3, -0.25) is 0 Å². The van der Waals surface area contributed by atoms with Crippen LogP contribution in [0, 0.1) is 6.92 Å². The van der Waals surface area contributed by atoms with Gasteiger partial charge in [0.2, 0.25) is 5.69 Å². The van der Waals surface area contributed by atoms with E-state index in [-0.39, 0.29) is 23.4 Å². The highest BCUT2D eigenvalue weighted by atomic mass is 32.2. The minimum absolute atomic E-state index is 0.0183. The summed E-state index contributed by atoms with van der Waals surface area (Å²) in [6, 6.07) is 10.2. The molecule has 13 nitrogen and oxygen atoms in total. The lowest BCUT2D eigenvalue weighted by Gasteiger charge is -2.30. The van der Waals surface area contributed by atoms with Crippen molar-refractivity contribution >= 4 is 47.4 Å². The largest absolute Gasteiger partial charge is 0.748 e. The van der Waals surface area contributed by atoms with Crippen molar-refractivity contribution in [3.8, 4) is 0 Å². The molecule has 0 saturated heterocycles. The Morgan fingerprint density at radius 1 is 0.825 bits per heavy atom. The Balaban J connectivity index is 1.20. The third-order valence-electron chi connectivity index (χ3n) is 12.1. The fourth-order valence-electron chi connectivity index (χ4n) is 9.72. The summed E-state index contributed by atoms with van der Waals surface area (Å²) in [5.74, 6) is -1.86. The summed E-state index contributed by atoms with van der Waals surface area (Å²) in [5.41, 5.74) is 9.27. The maximum absolute atomic E-state index is 11.9. The number of hydrogen-bond donors (Lipinski definition) is 2. The van der Waals surface area contributed by atoms with E-state index in [1.165, 1.54) is 29.3 Å².